The molecular weight excluding hydrogens is 576 g/mol. The van der Waals surface area contributed by atoms with Crippen LogP contribution in [0.3, 0.4) is 0 Å². The van der Waals surface area contributed by atoms with Crippen LogP contribution in [0.1, 0.15) is 40.3 Å². The van der Waals surface area contributed by atoms with Crippen molar-refractivity contribution in [1.82, 2.24) is 4.90 Å². The van der Waals surface area contributed by atoms with Crippen molar-refractivity contribution in [3.63, 3.8) is 0 Å². The van der Waals surface area contributed by atoms with Gasteiger partial charge in [0, 0.05) is 47.9 Å². The van der Waals surface area contributed by atoms with E-state index in [4.69, 9.17) is 35.4 Å². The van der Waals surface area contributed by atoms with E-state index in [1.807, 2.05) is 60.7 Å². The second-order valence-corrected chi connectivity index (χ2v) is 10.6. The van der Waals surface area contributed by atoms with Gasteiger partial charge < -0.3 is 24.2 Å². The van der Waals surface area contributed by atoms with Crippen molar-refractivity contribution in [2.45, 2.75) is 37.6 Å². The van der Waals surface area contributed by atoms with Crippen molar-refractivity contribution in [3.05, 3.63) is 121 Å². The maximum atomic E-state index is 14.8. The minimum absolute atomic E-state index is 0.0382. The Morgan fingerprint density at radius 2 is 1.60 bits per heavy atom. The third-order valence-electron chi connectivity index (χ3n) is 7.83. The standard InChI is InChI=1S/C32H34N8O5/c33-38-35-21-25-7-2-1-6-24(25)20-32(31(42)40-14-18-43-19-15-40)29(28-9-4-3-8-26(28)22-36-39-34)45-30(37-32)23-10-12-27(13-11-23)44-17-5-16-41/h1-4,6-13,29,41H,5,14-22H2/t29-,32-/m1/s1. The van der Waals surface area contributed by atoms with Crippen LogP contribution >= 0.6 is 0 Å². The van der Waals surface area contributed by atoms with Gasteiger partial charge >= 0.3 is 0 Å². The maximum Gasteiger partial charge on any atom is 0.255 e. The number of morpholine rings is 1. The van der Waals surface area contributed by atoms with E-state index in [2.05, 4.69) is 20.1 Å². The molecule has 3 aromatic carbocycles. The van der Waals surface area contributed by atoms with Crippen LogP contribution in [0, 0.1) is 0 Å². The number of azide groups is 2. The minimum atomic E-state index is -1.46. The SMILES string of the molecule is [N-]=[N+]=NCc1ccccc1C[C@@]1(C(=O)N2CCOCC2)N=C(c2ccc(OCCCO)cc2)O[C@@H]1c1ccccc1CN=[N+]=[N-]. The van der Waals surface area contributed by atoms with Crippen LogP contribution in [0.2, 0.25) is 0 Å². The highest BCUT2D eigenvalue weighted by Gasteiger charge is 2.55. The molecule has 1 amide bonds. The molecule has 0 unspecified atom stereocenters. The molecule has 3 aromatic rings. The van der Waals surface area contributed by atoms with Crippen LogP contribution in [0.4, 0.5) is 0 Å². The second-order valence-electron chi connectivity index (χ2n) is 10.6. The molecule has 2 aliphatic rings. The molecule has 0 saturated carbocycles. The van der Waals surface area contributed by atoms with E-state index in [1.165, 1.54) is 0 Å². The topological polar surface area (TPSA) is 178 Å². The van der Waals surface area contributed by atoms with Crippen LogP contribution in [0.15, 0.2) is 88.0 Å². The lowest BCUT2D eigenvalue weighted by molar-refractivity contribution is -0.143. The number of carbonyl (C=O) groups excluding carboxylic acids is 1. The summed E-state index contributed by atoms with van der Waals surface area (Å²) in [4.78, 5) is 27.6. The van der Waals surface area contributed by atoms with Crippen LogP contribution in [0.5, 0.6) is 5.75 Å². The summed E-state index contributed by atoms with van der Waals surface area (Å²) in [7, 11) is 0. The molecule has 0 spiro atoms. The Balaban J connectivity index is 1.66. The fourth-order valence-corrected chi connectivity index (χ4v) is 5.61. The molecule has 2 atom stereocenters. The number of ether oxygens (including phenoxy) is 3. The maximum absolute atomic E-state index is 14.8. The molecule has 13 nitrogen and oxygen atoms in total. The highest BCUT2D eigenvalue weighted by molar-refractivity contribution is 6.01. The zero-order chi connectivity index (χ0) is 31.5. The number of hydrogen-bond acceptors (Lipinski definition) is 8. The van der Waals surface area contributed by atoms with E-state index in [0.29, 0.717) is 61.8 Å². The Morgan fingerprint density at radius 3 is 2.29 bits per heavy atom. The first-order chi connectivity index (χ1) is 22.1. The average molecular weight is 611 g/mol. The van der Waals surface area contributed by atoms with E-state index in [1.54, 1.807) is 17.0 Å². The molecule has 0 aromatic heterocycles. The molecule has 45 heavy (non-hydrogen) atoms. The molecular formula is C32H34N8O5. The molecule has 1 N–H and O–H groups in total. The first-order valence-electron chi connectivity index (χ1n) is 14.7. The molecule has 232 valence electrons. The number of aliphatic imine (C=N–C) groups is 1. The van der Waals surface area contributed by atoms with Crippen LogP contribution in [-0.2, 0) is 33.8 Å². The third kappa shape index (κ3) is 7.19. The quantitative estimate of drug-likeness (QED) is 0.117. The van der Waals surface area contributed by atoms with Gasteiger partial charge in [-0.2, -0.15) is 0 Å². The van der Waals surface area contributed by atoms with Crippen LogP contribution in [-0.4, -0.2) is 66.9 Å². The fraction of sp³-hybridized carbons (Fsp3) is 0.375. The van der Waals surface area contributed by atoms with Gasteiger partial charge in [0.2, 0.25) is 5.90 Å². The van der Waals surface area contributed by atoms with Crippen molar-refractivity contribution >= 4 is 11.8 Å². The molecule has 1 fully saturated rings. The van der Waals surface area contributed by atoms with Gasteiger partial charge in [0.25, 0.3) is 5.91 Å². The smallest absolute Gasteiger partial charge is 0.255 e. The van der Waals surface area contributed by atoms with Gasteiger partial charge in [-0.1, -0.05) is 58.8 Å². The van der Waals surface area contributed by atoms with Crippen molar-refractivity contribution < 1.29 is 24.1 Å². The Bertz CT molecular complexity index is 1610. The number of rotatable bonds is 13. The van der Waals surface area contributed by atoms with Gasteiger partial charge in [0.1, 0.15) is 5.75 Å². The van der Waals surface area contributed by atoms with Gasteiger partial charge in [-0.15, -0.1) is 0 Å². The van der Waals surface area contributed by atoms with E-state index >= 15 is 0 Å². The number of nitrogens with zero attached hydrogens (tertiary/aromatic N) is 8. The summed E-state index contributed by atoms with van der Waals surface area (Å²) in [5.74, 6) is 0.700. The summed E-state index contributed by atoms with van der Waals surface area (Å²) >= 11 is 0. The third-order valence-corrected chi connectivity index (χ3v) is 7.83. The molecule has 0 aliphatic carbocycles. The van der Waals surface area contributed by atoms with E-state index < -0.39 is 11.6 Å². The summed E-state index contributed by atoms with van der Waals surface area (Å²) in [5.41, 5.74) is 20.3. The monoisotopic (exact) mass is 610 g/mol. The summed E-state index contributed by atoms with van der Waals surface area (Å²) < 4.78 is 18.0. The van der Waals surface area contributed by atoms with Gasteiger partial charge in [-0.05, 0) is 57.6 Å². The Morgan fingerprint density at radius 1 is 0.956 bits per heavy atom. The summed E-state index contributed by atoms with van der Waals surface area (Å²) in [6, 6.07) is 22.2. The number of aliphatic hydroxyl groups excluding tert-OH is 1. The number of amides is 1. The normalized spacial score (nSPS) is 19.1. The molecule has 0 radical (unpaired) electrons. The first kappa shape index (κ1) is 31.4. The van der Waals surface area contributed by atoms with Crippen LogP contribution in [0.25, 0.3) is 20.9 Å². The largest absolute Gasteiger partial charge is 0.494 e. The number of hydrogen-bond donors (Lipinski definition) is 1. The Hall–Kier alpha value is -5.06. The highest BCUT2D eigenvalue weighted by Crippen LogP contribution is 2.45. The van der Waals surface area contributed by atoms with Crippen molar-refractivity contribution in [2.24, 2.45) is 15.2 Å². The lowest BCUT2D eigenvalue weighted by Gasteiger charge is -2.38. The average Bonchev–Trinajstić information content (AvgIpc) is 3.47. The minimum Gasteiger partial charge on any atom is -0.494 e. The van der Waals surface area contributed by atoms with Gasteiger partial charge in [-0.25, -0.2) is 4.99 Å². The zero-order valence-electron chi connectivity index (χ0n) is 24.7. The molecule has 1 saturated heterocycles. The van der Waals surface area contributed by atoms with E-state index in [9.17, 15) is 4.79 Å². The van der Waals surface area contributed by atoms with Crippen molar-refractivity contribution in [3.8, 4) is 5.75 Å². The molecule has 2 aliphatic heterocycles. The van der Waals surface area contributed by atoms with Gasteiger partial charge in [0.15, 0.2) is 11.6 Å². The predicted molar refractivity (Wildman–Crippen MR) is 166 cm³/mol. The lowest BCUT2D eigenvalue weighted by Crippen LogP contribution is -2.54. The molecule has 0 bridgehead atoms. The van der Waals surface area contributed by atoms with E-state index in [-0.39, 0.29) is 37.9 Å². The van der Waals surface area contributed by atoms with Crippen LogP contribution < -0.4 is 4.74 Å². The molecule has 5 rings (SSSR count). The Labute approximate surface area is 260 Å². The fourth-order valence-electron chi connectivity index (χ4n) is 5.61. The van der Waals surface area contributed by atoms with Gasteiger partial charge in [0.05, 0.1) is 32.9 Å². The first-order valence-corrected chi connectivity index (χ1v) is 14.7. The van der Waals surface area contributed by atoms with Crippen molar-refractivity contribution in [2.75, 3.05) is 39.5 Å². The highest BCUT2D eigenvalue weighted by atomic mass is 16.5. The molecule has 13 heteroatoms. The second kappa shape index (κ2) is 15.1. The Kier molecular flexibility index (Phi) is 10.5. The number of benzene rings is 3. The zero-order valence-corrected chi connectivity index (χ0v) is 24.7. The predicted octanol–water partition coefficient (Wildman–Crippen LogP) is 5.43. The number of aliphatic hydroxyl groups is 1. The summed E-state index contributed by atoms with van der Waals surface area (Å²) in [6.45, 7) is 2.21. The molecule has 2 heterocycles. The van der Waals surface area contributed by atoms with Crippen molar-refractivity contribution in [1.29, 1.82) is 0 Å². The summed E-state index contributed by atoms with van der Waals surface area (Å²) in [6.07, 6.45) is -0.199. The van der Waals surface area contributed by atoms with E-state index in [0.717, 1.165) is 11.1 Å². The van der Waals surface area contributed by atoms with Gasteiger partial charge in [-0.3, -0.25) is 4.79 Å². The summed E-state index contributed by atoms with van der Waals surface area (Å²) in [5, 5.41) is 16.7. The lowest BCUT2D eigenvalue weighted by atomic mass is 9.79. The number of carbonyl (C=O) groups is 1.